The Bertz CT molecular complexity index is 427. The molecule has 0 aliphatic heterocycles. The lowest BCUT2D eigenvalue weighted by atomic mass is 9.77. The van der Waals surface area contributed by atoms with Crippen molar-refractivity contribution in [2.45, 2.75) is 70.6 Å². The van der Waals surface area contributed by atoms with Gasteiger partial charge in [0.15, 0.2) is 0 Å². The highest BCUT2D eigenvalue weighted by Gasteiger charge is 2.21. The minimum Gasteiger partial charge on any atom is -0.481 e. The molecular formula is C19H28O2. The molecule has 0 aromatic heterocycles. The molecule has 0 amide bonds. The largest absolute Gasteiger partial charge is 0.481 e. The minimum absolute atomic E-state index is 0.129. The maximum Gasteiger partial charge on any atom is 0.307 e. The van der Waals surface area contributed by atoms with Gasteiger partial charge in [-0.2, -0.15) is 0 Å². The van der Waals surface area contributed by atoms with Gasteiger partial charge >= 0.3 is 5.97 Å². The first-order valence-corrected chi connectivity index (χ1v) is 8.49. The van der Waals surface area contributed by atoms with Crippen molar-refractivity contribution >= 4 is 5.97 Å². The van der Waals surface area contributed by atoms with Gasteiger partial charge in [-0.1, -0.05) is 56.9 Å². The SMILES string of the molecule is CCCCCC1CCC(c2ccc(CC(=O)O)cc2)CC1. The van der Waals surface area contributed by atoms with Gasteiger partial charge < -0.3 is 5.11 Å². The Labute approximate surface area is 128 Å². The molecule has 1 fully saturated rings. The van der Waals surface area contributed by atoms with E-state index in [0.29, 0.717) is 5.92 Å². The lowest BCUT2D eigenvalue weighted by molar-refractivity contribution is -0.136. The van der Waals surface area contributed by atoms with E-state index in [1.165, 1.54) is 56.9 Å². The second kappa shape index (κ2) is 8.21. The monoisotopic (exact) mass is 288 g/mol. The first kappa shape index (κ1) is 16.1. The number of benzene rings is 1. The van der Waals surface area contributed by atoms with Crippen LogP contribution in [-0.2, 0) is 11.2 Å². The number of carboxylic acid groups (broad SMARTS) is 1. The predicted octanol–water partition coefficient (Wildman–Crippen LogP) is 5.17. The van der Waals surface area contributed by atoms with Crippen molar-refractivity contribution in [1.82, 2.24) is 0 Å². The highest BCUT2D eigenvalue weighted by molar-refractivity contribution is 5.70. The van der Waals surface area contributed by atoms with Gasteiger partial charge in [-0.05, 0) is 48.6 Å². The molecule has 0 heterocycles. The van der Waals surface area contributed by atoms with Gasteiger partial charge in [-0.3, -0.25) is 4.79 Å². The smallest absolute Gasteiger partial charge is 0.307 e. The van der Waals surface area contributed by atoms with E-state index < -0.39 is 5.97 Å². The molecule has 1 aromatic carbocycles. The third-order valence-corrected chi connectivity index (χ3v) is 4.87. The van der Waals surface area contributed by atoms with Crippen LogP contribution in [-0.4, -0.2) is 11.1 Å². The molecule has 0 atom stereocenters. The van der Waals surface area contributed by atoms with Crippen LogP contribution in [0.15, 0.2) is 24.3 Å². The zero-order chi connectivity index (χ0) is 15.1. The van der Waals surface area contributed by atoms with Gasteiger partial charge in [0, 0.05) is 0 Å². The van der Waals surface area contributed by atoms with E-state index in [9.17, 15) is 4.79 Å². The Morgan fingerprint density at radius 2 is 1.76 bits per heavy atom. The molecule has 2 nitrogen and oxygen atoms in total. The van der Waals surface area contributed by atoms with Gasteiger partial charge in [0.1, 0.15) is 0 Å². The summed E-state index contributed by atoms with van der Waals surface area (Å²) in [6, 6.07) is 8.24. The van der Waals surface area contributed by atoms with E-state index in [2.05, 4.69) is 19.1 Å². The van der Waals surface area contributed by atoms with Crippen molar-refractivity contribution in [1.29, 1.82) is 0 Å². The third-order valence-electron chi connectivity index (χ3n) is 4.87. The van der Waals surface area contributed by atoms with E-state index >= 15 is 0 Å². The number of carboxylic acids is 1. The zero-order valence-electron chi connectivity index (χ0n) is 13.2. The summed E-state index contributed by atoms with van der Waals surface area (Å²) in [4.78, 5) is 10.7. The molecule has 0 spiro atoms. The fourth-order valence-corrected chi connectivity index (χ4v) is 3.55. The minimum atomic E-state index is -0.754. The molecule has 0 radical (unpaired) electrons. The average molecular weight is 288 g/mol. The quantitative estimate of drug-likeness (QED) is 0.703. The first-order chi connectivity index (χ1) is 10.2. The number of hydrogen-bond donors (Lipinski definition) is 1. The Morgan fingerprint density at radius 1 is 1.10 bits per heavy atom. The van der Waals surface area contributed by atoms with Crippen molar-refractivity contribution in [3.63, 3.8) is 0 Å². The van der Waals surface area contributed by atoms with Crippen LogP contribution in [0.25, 0.3) is 0 Å². The predicted molar refractivity (Wildman–Crippen MR) is 86.6 cm³/mol. The third kappa shape index (κ3) is 5.18. The fourth-order valence-electron chi connectivity index (χ4n) is 3.55. The average Bonchev–Trinajstić information content (AvgIpc) is 2.49. The number of unbranched alkanes of at least 4 members (excludes halogenated alkanes) is 2. The maximum atomic E-state index is 10.7. The van der Waals surface area contributed by atoms with Gasteiger partial charge in [-0.15, -0.1) is 0 Å². The van der Waals surface area contributed by atoms with E-state index in [1.54, 1.807) is 0 Å². The molecule has 1 aliphatic rings. The number of carbonyl (C=O) groups is 1. The molecule has 1 N–H and O–H groups in total. The van der Waals surface area contributed by atoms with E-state index in [0.717, 1.165) is 11.5 Å². The van der Waals surface area contributed by atoms with Crippen LogP contribution in [0.1, 0.15) is 75.3 Å². The summed E-state index contributed by atoms with van der Waals surface area (Å²) in [5.74, 6) is 0.876. The molecule has 0 saturated heterocycles. The molecule has 2 heteroatoms. The molecule has 0 bridgehead atoms. The van der Waals surface area contributed by atoms with Crippen molar-refractivity contribution in [3.05, 3.63) is 35.4 Å². The second-order valence-corrected chi connectivity index (χ2v) is 6.53. The Balaban J connectivity index is 1.80. The van der Waals surface area contributed by atoms with Crippen molar-refractivity contribution in [3.8, 4) is 0 Å². The normalized spacial score (nSPS) is 22.1. The number of aliphatic carboxylic acids is 1. The Hall–Kier alpha value is -1.31. The van der Waals surface area contributed by atoms with Gasteiger partial charge in [0.25, 0.3) is 0 Å². The zero-order valence-corrected chi connectivity index (χ0v) is 13.2. The Morgan fingerprint density at radius 3 is 2.33 bits per heavy atom. The summed E-state index contributed by atoms with van der Waals surface area (Å²) >= 11 is 0. The van der Waals surface area contributed by atoms with Crippen LogP contribution in [0.4, 0.5) is 0 Å². The standard InChI is InChI=1S/C19H28O2/c1-2-3-4-5-15-6-10-17(11-7-15)18-12-8-16(9-13-18)14-19(20)21/h8-9,12-13,15,17H,2-7,10-11,14H2,1H3,(H,20,21). The summed E-state index contributed by atoms with van der Waals surface area (Å²) in [6.45, 7) is 2.27. The van der Waals surface area contributed by atoms with Gasteiger partial charge in [0.2, 0.25) is 0 Å². The van der Waals surface area contributed by atoms with Gasteiger partial charge in [-0.25, -0.2) is 0 Å². The van der Waals surface area contributed by atoms with Gasteiger partial charge in [0.05, 0.1) is 6.42 Å². The van der Waals surface area contributed by atoms with Crippen LogP contribution < -0.4 is 0 Å². The van der Waals surface area contributed by atoms with E-state index in [4.69, 9.17) is 5.11 Å². The highest BCUT2D eigenvalue weighted by Crippen LogP contribution is 2.37. The number of rotatable bonds is 7. The summed E-state index contributed by atoms with van der Waals surface area (Å²) in [6.07, 6.45) is 11.0. The van der Waals surface area contributed by atoms with E-state index in [1.807, 2.05) is 12.1 Å². The van der Waals surface area contributed by atoms with Crippen LogP contribution >= 0.6 is 0 Å². The highest BCUT2D eigenvalue weighted by atomic mass is 16.4. The lowest BCUT2D eigenvalue weighted by Crippen LogP contribution is -2.13. The molecule has 1 aliphatic carbocycles. The molecule has 1 saturated carbocycles. The van der Waals surface area contributed by atoms with E-state index in [-0.39, 0.29) is 6.42 Å². The summed E-state index contributed by atoms with van der Waals surface area (Å²) < 4.78 is 0. The molecule has 116 valence electrons. The summed E-state index contributed by atoms with van der Waals surface area (Å²) in [7, 11) is 0. The van der Waals surface area contributed by atoms with Crippen LogP contribution in [0.3, 0.4) is 0 Å². The topological polar surface area (TPSA) is 37.3 Å². The molecule has 1 aromatic rings. The molecule has 0 unspecified atom stereocenters. The summed E-state index contributed by atoms with van der Waals surface area (Å²) in [5.41, 5.74) is 2.30. The Kier molecular flexibility index (Phi) is 6.28. The first-order valence-electron chi connectivity index (χ1n) is 8.49. The molecule has 21 heavy (non-hydrogen) atoms. The molecule has 2 rings (SSSR count). The lowest BCUT2D eigenvalue weighted by Gasteiger charge is -2.29. The van der Waals surface area contributed by atoms with Crippen molar-refractivity contribution in [2.24, 2.45) is 5.92 Å². The van der Waals surface area contributed by atoms with Crippen LogP contribution in [0.5, 0.6) is 0 Å². The van der Waals surface area contributed by atoms with Crippen LogP contribution in [0.2, 0.25) is 0 Å². The number of hydrogen-bond acceptors (Lipinski definition) is 1. The van der Waals surface area contributed by atoms with Crippen LogP contribution in [0, 0.1) is 5.92 Å². The van der Waals surface area contributed by atoms with Crippen molar-refractivity contribution < 1.29 is 9.90 Å². The second-order valence-electron chi connectivity index (χ2n) is 6.53. The maximum absolute atomic E-state index is 10.7. The summed E-state index contributed by atoms with van der Waals surface area (Å²) in [5, 5.41) is 8.80. The fraction of sp³-hybridized carbons (Fsp3) is 0.632. The molecular weight excluding hydrogens is 260 g/mol. The van der Waals surface area contributed by atoms with Crippen molar-refractivity contribution in [2.75, 3.05) is 0 Å².